The Morgan fingerprint density at radius 3 is 2.52 bits per heavy atom. The number of carbonyl (C=O) groups excluding carboxylic acids is 3. The van der Waals surface area contributed by atoms with Crippen LogP contribution < -0.4 is 9.47 Å². The van der Waals surface area contributed by atoms with Crippen molar-refractivity contribution in [2.75, 3.05) is 20.8 Å². The summed E-state index contributed by atoms with van der Waals surface area (Å²) in [6.45, 7) is -0.119. The van der Waals surface area contributed by atoms with Gasteiger partial charge < -0.3 is 14.2 Å². The number of imide groups is 1. The molecule has 2 amide bonds. The van der Waals surface area contributed by atoms with E-state index in [0.29, 0.717) is 26.6 Å². The Morgan fingerprint density at radius 1 is 1.16 bits per heavy atom. The number of amides is 2. The molecule has 0 radical (unpaired) electrons. The zero-order valence-corrected chi connectivity index (χ0v) is 19.7. The molecule has 0 N–H and O–H groups in total. The second kappa shape index (κ2) is 10.2. The highest BCUT2D eigenvalue weighted by Gasteiger charge is 2.35. The summed E-state index contributed by atoms with van der Waals surface area (Å²) < 4.78 is 15.9. The fraction of sp³-hybridized carbons (Fsp3) is 0.190. The predicted octanol–water partition coefficient (Wildman–Crippen LogP) is 4.90. The van der Waals surface area contributed by atoms with Gasteiger partial charge in [0.05, 0.1) is 25.7 Å². The van der Waals surface area contributed by atoms with Crippen molar-refractivity contribution >= 4 is 62.5 Å². The Balaban J connectivity index is 1.82. The van der Waals surface area contributed by atoms with Gasteiger partial charge in [-0.3, -0.25) is 14.5 Å². The largest absolute Gasteiger partial charge is 0.493 e. The SMILES string of the molecule is COC(=O)COc1cc(Br)c(/C=C2/SC(=O)N(Cc3ccc(Cl)cc3)C2=O)cc1OC. The number of methoxy groups -OCH3 is 2. The van der Waals surface area contributed by atoms with E-state index >= 15 is 0 Å². The van der Waals surface area contributed by atoms with Gasteiger partial charge in [-0.05, 0) is 53.2 Å². The number of hydrogen-bond donors (Lipinski definition) is 0. The van der Waals surface area contributed by atoms with Crippen LogP contribution >= 0.6 is 39.3 Å². The third-order valence-corrected chi connectivity index (χ3v) is 6.12. The molecular formula is C21H17BrClNO6S. The maximum Gasteiger partial charge on any atom is 0.343 e. The monoisotopic (exact) mass is 525 g/mol. The van der Waals surface area contributed by atoms with Gasteiger partial charge in [-0.15, -0.1) is 0 Å². The van der Waals surface area contributed by atoms with Crippen LogP contribution in [0, 0.1) is 0 Å². The summed E-state index contributed by atoms with van der Waals surface area (Å²) in [5, 5.41) is 0.225. The molecule has 7 nitrogen and oxygen atoms in total. The predicted molar refractivity (Wildman–Crippen MR) is 121 cm³/mol. The minimum Gasteiger partial charge on any atom is -0.493 e. The van der Waals surface area contributed by atoms with Gasteiger partial charge >= 0.3 is 5.97 Å². The number of hydrogen-bond acceptors (Lipinski definition) is 7. The molecule has 10 heteroatoms. The molecule has 1 aliphatic heterocycles. The fourth-order valence-electron chi connectivity index (χ4n) is 2.68. The van der Waals surface area contributed by atoms with Gasteiger partial charge in [-0.1, -0.05) is 39.7 Å². The summed E-state index contributed by atoms with van der Waals surface area (Å²) in [5.41, 5.74) is 1.40. The minimum atomic E-state index is -0.531. The fourth-order valence-corrected chi connectivity index (χ4v) is 4.07. The van der Waals surface area contributed by atoms with Crippen molar-refractivity contribution in [3.05, 3.63) is 61.9 Å². The Morgan fingerprint density at radius 2 is 1.87 bits per heavy atom. The zero-order chi connectivity index (χ0) is 22.5. The molecule has 0 atom stereocenters. The lowest BCUT2D eigenvalue weighted by Crippen LogP contribution is -2.27. The number of ether oxygens (including phenoxy) is 3. The van der Waals surface area contributed by atoms with Crippen LogP contribution in [0.4, 0.5) is 4.79 Å². The first-order chi connectivity index (χ1) is 14.8. The molecular weight excluding hydrogens is 510 g/mol. The van der Waals surface area contributed by atoms with Gasteiger partial charge in [0, 0.05) is 9.50 Å². The second-order valence-corrected chi connectivity index (χ2v) is 8.57. The van der Waals surface area contributed by atoms with E-state index in [1.165, 1.54) is 19.1 Å². The lowest BCUT2D eigenvalue weighted by atomic mass is 10.1. The van der Waals surface area contributed by atoms with Gasteiger partial charge in [-0.2, -0.15) is 0 Å². The van der Waals surface area contributed by atoms with Crippen molar-refractivity contribution in [2.24, 2.45) is 0 Å². The molecule has 0 unspecified atom stereocenters. The van der Waals surface area contributed by atoms with E-state index in [2.05, 4.69) is 20.7 Å². The van der Waals surface area contributed by atoms with E-state index in [-0.39, 0.29) is 29.2 Å². The van der Waals surface area contributed by atoms with E-state index < -0.39 is 5.97 Å². The van der Waals surface area contributed by atoms with E-state index in [9.17, 15) is 14.4 Å². The van der Waals surface area contributed by atoms with Gasteiger partial charge in [-0.25, -0.2) is 4.79 Å². The number of benzene rings is 2. The number of thioether (sulfide) groups is 1. The molecule has 1 aliphatic rings. The molecule has 2 aromatic carbocycles. The van der Waals surface area contributed by atoms with E-state index in [0.717, 1.165) is 17.3 Å². The van der Waals surface area contributed by atoms with Crippen molar-refractivity contribution in [1.29, 1.82) is 0 Å². The van der Waals surface area contributed by atoms with Gasteiger partial charge in [0.25, 0.3) is 11.1 Å². The lowest BCUT2D eigenvalue weighted by molar-refractivity contribution is -0.142. The van der Waals surface area contributed by atoms with Gasteiger partial charge in [0.15, 0.2) is 18.1 Å². The number of halogens is 2. The van der Waals surface area contributed by atoms with Crippen molar-refractivity contribution in [2.45, 2.75) is 6.54 Å². The molecule has 0 bridgehead atoms. The maximum absolute atomic E-state index is 12.8. The van der Waals surface area contributed by atoms with Gasteiger partial charge in [0.1, 0.15) is 0 Å². The summed E-state index contributed by atoms with van der Waals surface area (Å²) in [5.74, 6) is -0.232. The topological polar surface area (TPSA) is 82.1 Å². The molecule has 0 saturated carbocycles. The van der Waals surface area contributed by atoms with E-state index in [1.54, 1.807) is 42.5 Å². The van der Waals surface area contributed by atoms with Crippen LogP contribution in [0.3, 0.4) is 0 Å². The maximum atomic E-state index is 12.8. The van der Waals surface area contributed by atoms with Crippen molar-refractivity contribution in [3.63, 3.8) is 0 Å². The Labute approximate surface area is 196 Å². The molecule has 162 valence electrons. The van der Waals surface area contributed by atoms with Crippen LogP contribution in [0.5, 0.6) is 11.5 Å². The van der Waals surface area contributed by atoms with Crippen LogP contribution in [0.2, 0.25) is 5.02 Å². The first kappa shape index (κ1) is 23.2. The van der Waals surface area contributed by atoms with Crippen molar-refractivity contribution in [3.8, 4) is 11.5 Å². The van der Waals surface area contributed by atoms with Crippen LogP contribution in [-0.2, 0) is 20.9 Å². The van der Waals surface area contributed by atoms with E-state index in [4.69, 9.17) is 21.1 Å². The number of rotatable bonds is 7. The molecule has 1 saturated heterocycles. The summed E-state index contributed by atoms with van der Waals surface area (Å²) >= 11 is 10.2. The molecule has 0 aromatic heterocycles. The highest BCUT2D eigenvalue weighted by molar-refractivity contribution is 9.10. The number of carbonyl (C=O) groups is 3. The molecule has 3 rings (SSSR count). The first-order valence-corrected chi connectivity index (χ1v) is 10.9. The average Bonchev–Trinajstić information content (AvgIpc) is 3.02. The first-order valence-electron chi connectivity index (χ1n) is 8.89. The zero-order valence-electron chi connectivity index (χ0n) is 16.5. The van der Waals surface area contributed by atoms with Crippen LogP contribution in [0.1, 0.15) is 11.1 Å². The van der Waals surface area contributed by atoms with Crippen molar-refractivity contribution < 1.29 is 28.6 Å². The van der Waals surface area contributed by atoms with Gasteiger partial charge in [0.2, 0.25) is 0 Å². The Hall–Kier alpha value is -2.49. The average molecular weight is 527 g/mol. The molecule has 1 heterocycles. The second-order valence-electron chi connectivity index (χ2n) is 6.28. The summed E-state index contributed by atoms with van der Waals surface area (Å²) in [4.78, 5) is 38.0. The molecule has 0 spiro atoms. The number of esters is 1. The third kappa shape index (κ3) is 5.61. The smallest absolute Gasteiger partial charge is 0.343 e. The lowest BCUT2D eigenvalue weighted by Gasteiger charge is -2.13. The third-order valence-electron chi connectivity index (χ3n) is 4.27. The van der Waals surface area contributed by atoms with Crippen molar-refractivity contribution in [1.82, 2.24) is 4.90 Å². The molecule has 2 aromatic rings. The standard InChI is InChI=1S/C21H17BrClNO6S/c1-28-16-7-13(15(22)9-17(16)30-11-19(25)29-2)8-18-20(26)24(21(27)31-18)10-12-3-5-14(23)6-4-12/h3-9H,10-11H2,1-2H3/b18-8+. The Kier molecular flexibility index (Phi) is 7.64. The molecule has 0 aliphatic carbocycles. The van der Waals surface area contributed by atoms with E-state index in [1.807, 2.05) is 0 Å². The normalized spacial score (nSPS) is 14.8. The Bertz CT molecular complexity index is 1060. The highest BCUT2D eigenvalue weighted by Crippen LogP contribution is 2.38. The van der Waals surface area contributed by atoms with Crippen LogP contribution in [0.15, 0.2) is 45.8 Å². The minimum absolute atomic E-state index is 0.157. The summed E-state index contributed by atoms with van der Waals surface area (Å²) in [7, 11) is 2.72. The summed E-state index contributed by atoms with van der Waals surface area (Å²) in [6.07, 6.45) is 1.60. The molecule has 1 fully saturated rings. The van der Waals surface area contributed by atoms with Crippen LogP contribution in [-0.4, -0.2) is 42.8 Å². The summed E-state index contributed by atoms with van der Waals surface area (Å²) in [6, 6.07) is 10.2. The highest BCUT2D eigenvalue weighted by atomic mass is 79.9. The number of nitrogens with zero attached hydrogens (tertiary/aromatic N) is 1. The quantitative estimate of drug-likeness (QED) is 0.375. The van der Waals surface area contributed by atoms with Crippen LogP contribution in [0.25, 0.3) is 6.08 Å². The molecule has 31 heavy (non-hydrogen) atoms.